The van der Waals surface area contributed by atoms with Gasteiger partial charge in [0.2, 0.25) is 0 Å². The van der Waals surface area contributed by atoms with Crippen LogP contribution in [0.15, 0.2) is 12.3 Å². The van der Waals surface area contributed by atoms with Gasteiger partial charge in [-0.15, -0.1) is 0 Å². The maximum Gasteiger partial charge on any atom is 0.170 e. The summed E-state index contributed by atoms with van der Waals surface area (Å²) < 4.78 is 20.2. The third kappa shape index (κ3) is 3.27. The molecule has 0 spiro atoms. The van der Waals surface area contributed by atoms with E-state index in [1.54, 1.807) is 12.3 Å². The smallest absolute Gasteiger partial charge is 0.170 e. The third-order valence-corrected chi connectivity index (χ3v) is 3.86. The maximum atomic E-state index is 14.6. The molecule has 110 valence electrons. The minimum absolute atomic E-state index is 0.118. The molecule has 0 aromatic carbocycles. The zero-order valence-electron chi connectivity index (χ0n) is 11.9. The summed E-state index contributed by atoms with van der Waals surface area (Å²) in [6.45, 7) is 4.85. The highest BCUT2D eigenvalue weighted by Gasteiger charge is 2.23. The number of aromatic nitrogens is 1. The van der Waals surface area contributed by atoms with Crippen LogP contribution in [0.5, 0.6) is 0 Å². The molecule has 2 heterocycles. The number of nitrogens with zero attached hydrogens (tertiary/aromatic N) is 2. The first-order valence-electron chi connectivity index (χ1n) is 7.47. The molecule has 1 atom stereocenters. The Bertz CT molecular complexity index is 464. The molecule has 20 heavy (non-hydrogen) atoms. The van der Waals surface area contributed by atoms with Crippen molar-refractivity contribution in [2.24, 2.45) is 0 Å². The third-order valence-electron chi connectivity index (χ3n) is 3.86. The predicted molar refractivity (Wildman–Crippen MR) is 76.3 cm³/mol. The van der Waals surface area contributed by atoms with Gasteiger partial charge in [-0.1, -0.05) is 0 Å². The Hall–Kier alpha value is -1.20. The van der Waals surface area contributed by atoms with E-state index in [-0.39, 0.29) is 11.9 Å². The summed E-state index contributed by atoms with van der Waals surface area (Å²) in [7, 11) is 0. The van der Waals surface area contributed by atoms with Crippen LogP contribution >= 0.6 is 0 Å². The first kappa shape index (κ1) is 13.8. The molecule has 1 unspecified atom stereocenters. The second-order valence-corrected chi connectivity index (χ2v) is 5.74. The number of ether oxygens (including phenoxy) is 1. The summed E-state index contributed by atoms with van der Waals surface area (Å²) in [6.07, 6.45) is 5.16. The summed E-state index contributed by atoms with van der Waals surface area (Å²) in [4.78, 5) is 6.26. The molecule has 3 rings (SSSR count). The first-order valence-corrected chi connectivity index (χ1v) is 7.47. The number of hydrogen-bond donors (Lipinski definition) is 1. The highest BCUT2D eigenvalue weighted by atomic mass is 19.1. The summed E-state index contributed by atoms with van der Waals surface area (Å²) >= 11 is 0. The zero-order valence-corrected chi connectivity index (χ0v) is 11.9. The fourth-order valence-electron chi connectivity index (χ4n) is 2.56. The standard InChI is InChI=1S/C15H22FN3O/c1-11-10-19(7-2-8-20-11)15-14(16)12(5-6-17-15)9-18-13-3-4-13/h5-6,11,13,18H,2-4,7-10H2,1H3. The summed E-state index contributed by atoms with van der Waals surface area (Å²) in [5.41, 5.74) is 0.708. The predicted octanol–water partition coefficient (Wildman–Crippen LogP) is 2.09. The van der Waals surface area contributed by atoms with Crippen molar-refractivity contribution in [3.63, 3.8) is 0 Å². The van der Waals surface area contributed by atoms with E-state index in [2.05, 4.69) is 10.3 Å². The molecule has 0 radical (unpaired) electrons. The van der Waals surface area contributed by atoms with Gasteiger partial charge in [0.1, 0.15) is 0 Å². The lowest BCUT2D eigenvalue weighted by atomic mass is 10.2. The van der Waals surface area contributed by atoms with Gasteiger partial charge >= 0.3 is 0 Å². The van der Waals surface area contributed by atoms with E-state index in [1.807, 2.05) is 11.8 Å². The zero-order chi connectivity index (χ0) is 13.9. The number of halogens is 1. The fourth-order valence-corrected chi connectivity index (χ4v) is 2.56. The molecule has 1 saturated heterocycles. The normalized spacial score (nSPS) is 23.7. The molecule has 1 aromatic rings. The van der Waals surface area contributed by atoms with E-state index in [0.717, 1.165) is 19.6 Å². The van der Waals surface area contributed by atoms with Crippen molar-refractivity contribution in [3.05, 3.63) is 23.6 Å². The van der Waals surface area contributed by atoms with Gasteiger partial charge < -0.3 is 15.0 Å². The molecule has 4 nitrogen and oxygen atoms in total. The molecular weight excluding hydrogens is 257 g/mol. The second-order valence-electron chi connectivity index (χ2n) is 5.74. The van der Waals surface area contributed by atoms with E-state index in [9.17, 15) is 4.39 Å². The van der Waals surface area contributed by atoms with Crippen LogP contribution in [-0.4, -0.2) is 36.8 Å². The lowest BCUT2D eigenvalue weighted by molar-refractivity contribution is 0.0820. The van der Waals surface area contributed by atoms with Crippen molar-refractivity contribution in [3.8, 4) is 0 Å². The molecule has 5 heteroatoms. The van der Waals surface area contributed by atoms with Crippen LogP contribution in [0.2, 0.25) is 0 Å². The minimum Gasteiger partial charge on any atom is -0.377 e. The summed E-state index contributed by atoms with van der Waals surface area (Å²) in [5.74, 6) is 0.284. The van der Waals surface area contributed by atoms with Crippen molar-refractivity contribution in [1.29, 1.82) is 0 Å². The van der Waals surface area contributed by atoms with Crippen molar-refractivity contribution in [1.82, 2.24) is 10.3 Å². The van der Waals surface area contributed by atoms with Gasteiger partial charge in [-0.25, -0.2) is 9.37 Å². The number of rotatable bonds is 4. The summed E-state index contributed by atoms with van der Waals surface area (Å²) in [6, 6.07) is 2.35. The van der Waals surface area contributed by atoms with Gasteiger partial charge in [-0.2, -0.15) is 0 Å². The molecule has 2 fully saturated rings. The van der Waals surface area contributed by atoms with Gasteiger partial charge in [-0.05, 0) is 32.3 Å². The van der Waals surface area contributed by atoms with E-state index in [1.165, 1.54) is 12.8 Å². The van der Waals surface area contributed by atoms with E-state index in [4.69, 9.17) is 4.74 Å². The van der Waals surface area contributed by atoms with Gasteiger partial charge in [0.05, 0.1) is 6.10 Å². The van der Waals surface area contributed by atoms with Crippen LogP contribution < -0.4 is 10.2 Å². The average molecular weight is 279 g/mol. The second kappa shape index (κ2) is 6.06. The van der Waals surface area contributed by atoms with Crippen molar-refractivity contribution < 1.29 is 9.13 Å². The van der Waals surface area contributed by atoms with Crippen molar-refractivity contribution in [2.45, 2.75) is 44.9 Å². The molecule has 1 aliphatic heterocycles. The number of pyridine rings is 1. The lowest BCUT2D eigenvalue weighted by Crippen LogP contribution is -2.32. The van der Waals surface area contributed by atoms with Crippen LogP contribution in [0.3, 0.4) is 0 Å². The highest BCUT2D eigenvalue weighted by Crippen LogP contribution is 2.23. The quantitative estimate of drug-likeness (QED) is 0.916. The Morgan fingerprint density at radius 1 is 1.50 bits per heavy atom. The van der Waals surface area contributed by atoms with Crippen LogP contribution in [0, 0.1) is 5.82 Å². The van der Waals surface area contributed by atoms with E-state index >= 15 is 0 Å². The van der Waals surface area contributed by atoms with Gasteiger partial charge in [0, 0.05) is 44.0 Å². The van der Waals surface area contributed by atoms with Crippen molar-refractivity contribution in [2.75, 3.05) is 24.6 Å². The Morgan fingerprint density at radius 2 is 2.35 bits per heavy atom. The Balaban J connectivity index is 1.75. The Morgan fingerprint density at radius 3 is 3.15 bits per heavy atom. The van der Waals surface area contributed by atoms with Crippen LogP contribution in [0.1, 0.15) is 31.7 Å². The monoisotopic (exact) mass is 279 g/mol. The molecule has 0 bridgehead atoms. The van der Waals surface area contributed by atoms with Gasteiger partial charge in [0.15, 0.2) is 11.6 Å². The molecule has 1 aromatic heterocycles. The lowest BCUT2D eigenvalue weighted by Gasteiger charge is -2.24. The Kier molecular flexibility index (Phi) is 4.17. The van der Waals surface area contributed by atoms with Crippen LogP contribution in [0.4, 0.5) is 10.2 Å². The van der Waals surface area contributed by atoms with Gasteiger partial charge in [-0.3, -0.25) is 0 Å². The highest BCUT2D eigenvalue weighted by molar-refractivity contribution is 5.43. The largest absolute Gasteiger partial charge is 0.377 e. The van der Waals surface area contributed by atoms with E-state index < -0.39 is 0 Å². The maximum absolute atomic E-state index is 14.6. The van der Waals surface area contributed by atoms with Crippen LogP contribution in [0.25, 0.3) is 0 Å². The van der Waals surface area contributed by atoms with Crippen LogP contribution in [-0.2, 0) is 11.3 Å². The fraction of sp³-hybridized carbons (Fsp3) is 0.667. The summed E-state index contributed by atoms with van der Waals surface area (Å²) in [5, 5.41) is 3.35. The topological polar surface area (TPSA) is 37.4 Å². The molecule has 1 N–H and O–H groups in total. The SMILES string of the molecule is CC1CN(c2nccc(CNC3CC3)c2F)CCCO1. The minimum atomic E-state index is -0.185. The molecular formula is C15H22FN3O. The van der Waals surface area contributed by atoms with Crippen molar-refractivity contribution >= 4 is 5.82 Å². The Labute approximate surface area is 119 Å². The molecule has 0 amide bonds. The average Bonchev–Trinajstić information content (AvgIpc) is 3.25. The molecule has 2 aliphatic rings. The van der Waals surface area contributed by atoms with E-state index in [0.29, 0.717) is 30.5 Å². The number of nitrogens with one attached hydrogen (secondary N) is 1. The molecule has 1 aliphatic carbocycles. The molecule has 1 saturated carbocycles. The van der Waals surface area contributed by atoms with Gasteiger partial charge in [0.25, 0.3) is 0 Å². The number of anilines is 1. The first-order chi connectivity index (χ1) is 9.74. The number of hydrogen-bond acceptors (Lipinski definition) is 4.